The summed E-state index contributed by atoms with van der Waals surface area (Å²) in [6.45, 7) is 5.38. The second kappa shape index (κ2) is 6.66. The molecule has 0 fully saturated rings. The standard InChI is InChI=1S/C16H20N2OS/c1-12(2)9-10-18(3)16-17-15(14(11-19)20-16)13-7-5-4-6-8-13/h4-8,11-12H,9-10H2,1-3H3. The van der Waals surface area contributed by atoms with Gasteiger partial charge in [-0.1, -0.05) is 55.5 Å². The van der Waals surface area contributed by atoms with Crippen molar-refractivity contribution in [3.8, 4) is 11.3 Å². The van der Waals surface area contributed by atoms with Gasteiger partial charge >= 0.3 is 0 Å². The highest BCUT2D eigenvalue weighted by atomic mass is 32.1. The number of carbonyl (C=O) groups is 1. The molecule has 2 aromatic rings. The Morgan fingerprint density at radius 3 is 2.60 bits per heavy atom. The van der Waals surface area contributed by atoms with E-state index in [0.29, 0.717) is 10.8 Å². The summed E-state index contributed by atoms with van der Waals surface area (Å²) in [6.07, 6.45) is 2.02. The van der Waals surface area contributed by atoms with Crippen LogP contribution in [-0.2, 0) is 0 Å². The lowest BCUT2D eigenvalue weighted by molar-refractivity contribution is 0.112. The van der Waals surface area contributed by atoms with E-state index in [1.54, 1.807) is 0 Å². The number of hydrogen-bond donors (Lipinski definition) is 0. The quantitative estimate of drug-likeness (QED) is 0.750. The highest BCUT2D eigenvalue weighted by Gasteiger charge is 2.15. The van der Waals surface area contributed by atoms with Gasteiger partial charge in [-0.2, -0.15) is 0 Å². The lowest BCUT2D eigenvalue weighted by Gasteiger charge is -2.16. The third kappa shape index (κ3) is 3.45. The number of aromatic nitrogens is 1. The van der Waals surface area contributed by atoms with Crippen LogP contribution in [-0.4, -0.2) is 24.9 Å². The molecule has 0 saturated heterocycles. The number of carbonyl (C=O) groups excluding carboxylic acids is 1. The molecule has 0 bridgehead atoms. The van der Waals surface area contributed by atoms with Crippen molar-refractivity contribution in [3.63, 3.8) is 0 Å². The van der Waals surface area contributed by atoms with Crippen LogP contribution in [0.1, 0.15) is 29.9 Å². The summed E-state index contributed by atoms with van der Waals surface area (Å²) in [7, 11) is 2.03. The molecular formula is C16H20N2OS. The Hall–Kier alpha value is -1.68. The predicted octanol–water partition coefficient (Wildman–Crippen LogP) is 4.10. The van der Waals surface area contributed by atoms with E-state index in [9.17, 15) is 4.79 Å². The minimum atomic E-state index is 0.663. The second-order valence-electron chi connectivity index (χ2n) is 5.30. The molecule has 0 saturated carbocycles. The molecule has 0 N–H and O–H groups in total. The average Bonchev–Trinajstić information content (AvgIpc) is 2.90. The van der Waals surface area contributed by atoms with Crippen molar-refractivity contribution in [3.05, 3.63) is 35.2 Å². The van der Waals surface area contributed by atoms with E-state index in [2.05, 4.69) is 23.7 Å². The Labute approximate surface area is 124 Å². The molecule has 0 unspecified atom stereocenters. The fourth-order valence-electron chi connectivity index (χ4n) is 1.91. The molecule has 0 aliphatic rings. The number of aldehydes is 1. The summed E-state index contributed by atoms with van der Waals surface area (Å²) >= 11 is 1.46. The van der Waals surface area contributed by atoms with E-state index in [1.807, 2.05) is 37.4 Å². The monoisotopic (exact) mass is 288 g/mol. The zero-order chi connectivity index (χ0) is 14.5. The van der Waals surface area contributed by atoms with Crippen molar-refractivity contribution in [1.29, 1.82) is 0 Å². The number of nitrogens with zero attached hydrogens (tertiary/aromatic N) is 2. The van der Waals surface area contributed by atoms with Crippen LogP contribution in [0.15, 0.2) is 30.3 Å². The van der Waals surface area contributed by atoms with Gasteiger partial charge < -0.3 is 4.90 Å². The van der Waals surface area contributed by atoms with Crippen molar-refractivity contribution in [2.75, 3.05) is 18.5 Å². The molecule has 1 heterocycles. The predicted molar refractivity (Wildman–Crippen MR) is 85.7 cm³/mol. The van der Waals surface area contributed by atoms with Crippen LogP contribution in [0.4, 0.5) is 5.13 Å². The normalized spacial score (nSPS) is 10.8. The highest BCUT2D eigenvalue weighted by molar-refractivity contribution is 7.17. The van der Waals surface area contributed by atoms with E-state index in [4.69, 9.17) is 0 Å². The minimum absolute atomic E-state index is 0.663. The zero-order valence-electron chi connectivity index (χ0n) is 12.2. The average molecular weight is 288 g/mol. The van der Waals surface area contributed by atoms with Crippen molar-refractivity contribution in [2.24, 2.45) is 5.92 Å². The molecule has 4 heteroatoms. The van der Waals surface area contributed by atoms with Crippen molar-refractivity contribution in [2.45, 2.75) is 20.3 Å². The van der Waals surface area contributed by atoms with Crippen LogP contribution in [0.3, 0.4) is 0 Å². The van der Waals surface area contributed by atoms with E-state index < -0.39 is 0 Å². The van der Waals surface area contributed by atoms with Gasteiger partial charge in [-0.15, -0.1) is 0 Å². The van der Waals surface area contributed by atoms with Gasteiger partial charge in [0.25, 0.3) is 0 Å². The smallest absolute Gasteiger partial charge is 0.186 e. The largest absolute Gasteiger partial charge is 0.351 e. The van der Waals surface area contributed by atoms with E-state index in [1.165, 1.54) is 11.3 Å². The third-order valence-corrected chi connectivity index (χ3v) is 4.26. The maximum atomic E-state index is 11.3. The molecule has 0 spiro atoms. The van der Waals surface area contributed by atoms with Crippen LogP contribution in [0.25, 0.3) is 11.3 Å². The first-order chi connectivity index (χ1) is 9.61. The van der Waals surface area contributed by atoms with Crippen LogP contribution in [0.5, 0.6) is 0 Å². The van der Waals surface area contributed by atoms with Gasteiger partial charge in [0.1, 0.15) is 0 Å². The Morgan fingerprint density at radius 2 is 2.00 bits per heavy atom. The van der Waals surface area contributed by atoms with E-state index in [-0.39, 0.29) is 0 Å². The molecule has 3 nitrogen and oxygen atoms in total. The summed E-state index contributed by atoms with van der Waals surface area (Å²) in [6, 6.07) is 9.86. The van der Waals surface area contributed by atoms with Gasteiger partial charge in [0.05, 0.1) is 10.6 Å². The molecule has 1 aromatic heterocycles. The number of anilines is 1. The summed E-state index contributed by atoms with van der Waals surface area (Å²) in [5.41, 5.74) is 1.78. The zero-order valence-corrected chi connectivity index (χ0v) is 13.0. The lowest BCUT2D eigenvalue weighted by atomic mass is 10.1. The van der Waals surface area contributed by atoms with Gasteiger partial charge in [-0.3, -0.25) is 4.79 Å². The van der Waals surface area contributed by atoms with E-state index >= 15 is 0 Å². The number of rotatable bonds is 6. The topological polar surface area (TPSA) is 33.2 Å². The molecule has 0 radical (unpaired) electrons. The Bertz CT molecular complexity index is 563. The van der Waals surface area contributed by atoms with E-state index in [0.717, 1.165) is 35.6 Å². The first-order valence-corrected chi connectivity index (χ1v) is 7.66. The molecule has 0 aliphatic heterocycles. The lowest BCUT2D eigenvalue weighted by Crippen LogP contribution is -2.19. The highest BCUT2D eigenvalue weighted by Crippen LogP contribution is 2.31. The number of thiazole rings is 1. The SMILES string of the molecule is CC(C)CCN(C)c1nc(-c2ccccc2)c(C=O)s1. The van der Waals surface area contributed by atoms with Crippen LogP contribution >= 0.6 is 11.3 Å². The molecular weight excluding hydrogens is 268 g/mol. The van der Waals surface area contributed by atoms with Gasteiger partial charge in [-0.05, 0) is 12.3 Å². The third-order valence-electron chi connectivity index (χ3n) is 3.16. The molecule has 106 valence electrons. The Morgan fingerprint density at radius 1 is 1.30 bits per heavy atom. The minimum Gasteiger partial charge on any atom is -0.351 e. The molecule has 0 amide bonds. The number of benzene rings is 1. The van der Waals surface area contributed by atoms with Crippen molar-refractivity contribution in [1.82, 2.24) is 4.98 Å². The van der Waals surface area contributed by atoms with Crippen LogP contribution in [0, 0.1) is 5.92 Å². The number of hydrogen-bond acceptors (Lipinski definition) is 4. The Balaban J connectivity index is 2.25. The molecule has 0 aliphatic carbocycles. The van der Waals surface area contributed by atoms with Gasteiger partial charge in [0, 0.05) is 19.2 Å². The first-order valence-electron chi connectivity index (χ1n) is 6.84. The molecule has 20 heavy (non-hydrogen) atoms. The second-order valence-corrected chi connectivity index (χ2v) is 6.31. The van der Waals surface area contributed by atoms with Crippen LogP contribution < -0.4 is 4.90 Å². The molecule has 0 atom stereocenters. The summed E-state index contributed by atoms with van der Waals surface area (Å²) < 4.78 is 0. The maximum Gasteiger partial charge on any atom is 0.186 e. The summed E-state index contributed by atoms with van der Waals surface area (Å²) in [5.74, 6) is 0.663. The van der Waals surface area contributed by atoms with Gasteiger partial charge in [-0.25, -0.2) is 4.98 Å². The fourth-order valence-corrected chi connectivity index (χ4v) is 2.80. The Kier molecular flexibility index (Phi) is 4.90. The van der Waals surface area contributed by atoms with Crippen LogP contribution in [0.2, 0.25) is 0 Å². The van der Waals surface area contributed by atoms with Crippen molar-refractivity contribution < 1.29 is 4.79 Å². The first kappa shape index (κ1) is 14.7. The fraction of sp³-hybridized carbons (Fsp3) is 0.375. The van der Waals surface area contributed by atoms with Gasteiger partial charge in [0.2, 0.25) is 0 Å². The molecule has 2 rings (SSSR count). The summed E-state index contributed by atoms with van der Waals surface area (Å²) in [4.78, 5) is 18.7. The van der Waals surface area contributed by atoms with Gasteiger partial charge in [0.15, 0.2) is 11.4 Å². The summed E-state index contributed by atoms with van der Waals surface area (Å²) in [5, 5.41) is 0.909. The van der Waals surface area contributed by atoms with Crippen molar-refractivity contribution >= 4 is 22.8 Å². The maximum absolute atomic E-state index is 11.3. The molecule has 1 aromatic carbocycles.